The van der Waals surface area contributed by atoms with Gasteiger partial charge >= 0.3 is 0 Å². The van der Waals surface area contributed by atoms with E-state index >= 15 is 0 Å². The van der Waals surface area contributed by atoms with Gasteiger partial charge in [0.25, 0.3) is 0 Å². The number of nitrogens with two attached hydrogens (primary N) is 1. The Morgan fingerprint density at radius 1 is 1.14 bits per heavy atom. The summed E-state index contributed by atoms with van der Waals surface area (Å²) in [5.74, 6) is 1.79. The van der Waals surface area contributed by atoms with Gasteiger partial charge in [0.1, 0.15) is 23.3 Å². The quantitative estimate of drug-likeness (QED) is 0.860. The second-order valence-corrected chi connectivity index (χ2v) is 5.03. The molecule has 0 saturated heterocycles. The molecule has 2 aromatic rings. The molecule has 1 atom stereocenters. The molecule has 5 nitrogen and oxygen atoms in total. The maximum absolute atomic E-state index is 11.0. The van der Waals surface area contributed by atoms with Gasteiger partial charge in [-0.15, -0.1) is 0 Å². The van der Waals surface area contributed by atoms with Crippen molar-refractivity contribution in [2.45, 2.75) is 19.9 Å². The average Bonchev–Trinajstić information content (AvgIpc) is 2.51. The molecule has 0 aromatic heterocycles. The van der Waals surface area contributed by atoms with E-state index in [-0.39, 0.29) is 0 Å². The summed E-state index contributed by atoms with van der Waals surface area (Å²) in [5.41, 5.74) is 7.05. The van der Waals surface area contributed by atoms with Crippen LogP contribution >= 0.6 is 0 Å². The standard InChI is InChI=1S/C17H20N2O3/c1-11-4-7-15(21-3)10-16(11)22-14-8-5-13(6-9-14)19-12(2)17(18)20/h4-10,12,19H,1-3H3,(H2,18,20)/t12-/m1/s1. The fourth-order valence-electron chi connectivity index (χ4n) is 1.88. The molecule has 2 aromatic carbocycles. The third-order valence-electron chi connectivity index (χ3n) is 3.29. The first-order valence-corrected chi connectivity index (χ1v) is 6.98. The zero-order valence-corrected chi connectivity index (χ0v) is 12.9. The Labute approximate surface area is 130 Å². The van der Waals surface area contributed by atoms with Crippen LogP contribution in [-0.4, -0.2) is 19.1 Å². The first-order chi connectivity index (χ1) is 10.5. The predicted octanol–water partition coefficient (Wildman–Crippen LogP) is 3.08. The lowest BCUT2D eigenvalue weighted by molar-refractivity contribution is -0.118. The maximum atomic E-state index is 11.0. The van der Waals surface area contributed by atoms with Gasteiger partial charge in [-0.25, -0.2) is 0 Å². The van der Waals surface area contributed by atoms with E-state index in [2.05, 4.69) is 5.32 Å². The third kappa shape index (κ3) is 3.91. The van der Waals surface area contributed by atoms with E-state index in [0.717, 1.165) is 22.7 Å². The van der Waals surface area contributed by atoms with Gasteiger partial charge in [-0.1, -0.05) is 6.07 Å². The summed E-state index contributed by atoms with van der Waals surface area (Å²) in [4.78, 5) is 11.0. The van der Waals surface area contributed by atoms with Crippen molar-refractivity contribution in [3.05, 3.63) is 48.0 Å². The Bertz CT molecular complexity index is 653. The van der Waals surface area contributed by atoms with Gasteiger partial charge in [0.05, 0.1) is 7.11 Å². The smallest absolute Gasteiger partial charge is 0.239 e. The highest BCUT2D eigenvalue weighted by molar-refractivity contribution is 5.82. The first kappa shape index (κ1) is 15.7. The van der Waals surface area contributed by atoms with Crippen LogP contribution in [0, 0.1) is 6.92 Å². The Morgan fingerprint density at radius 3 is 2.36 bits per heavy atom. The normalized spacial score (nSPS) is 11.6. The van der Waals surface area contributed by atoms with Gasteiger partial charge in [-0.3, -0.25) is 4.79 Å². The number of anilines is 1. The van der Waals surface area contributed by atoms with Crippen molar-refractivity contribution in [3.63, 3.8) is 0 Å². The van der Waals surface area contributed by atoms with Crippen LogP contribution in [0.15, 0.2) is 42.5 Å². The van der Waals surface area contributed by atoms with Gasteiger partial charge in [0.2, 0.25) is 5.91 Å². The minimum Gasteiger partial charge on any atom is -0.497 e. The highest BCUT2D eigenvalue weighted by Gasteiger charge is 2.08. The molecule has 0 heterocycles. The van der Waals surface area contributed by atoms with Gasteiger partial charge in [-0.05, 0) is 49.7 Å². The average molecular weight is 300 g/mol. The molecule has 0 spiro atoms. The molecule has 22 heavy (non-hydrogen) atoms. The molecule has 0 aliphatic rings. The van der Waals surface area contributed by atoms with Crippen molar-refractivity contribution >= 4 is 11.6 Å². The number of carbonyl (C=O) groups excluding carboxylic acids is 1. The van der Waals surface area contributed by atoms with Crippen LogP contribution in [0.4, 0.5) is 5.69 Å². The molecular formula is C17H20N2O3. The van der Waals surface area contributed by atoms with Crippen LogP contribution in [0.5, 0.6) is 17.2 Å². The van der Waals surface area contributed by atoms with Crippen molar-refractivity contribution in [1.82, 2.24) is 0 Å². The van der Waals surface area contributed by atoms with Crippen LogP contribution in [0.2, 0.25) is 0 Å². The van der Waals surface area contributed by atoms with Gasteiger partial charge in [-0.2, -0.15) is 0 Å². The van der Waals surface area contributed by atoms with Gasteiger partial charge < -0.3 is 20.5 Å². The van der Waals surface area contributed by atoms with E-state index in [9.17, 15) is 4.79 Å². The monoisotopic (exact) mass is 300 g/mol. The minimum atomic E-state index is -0.424. The lowest BCUT2D eigenvalue weighted by Crippen LogP contribution is -2.32. The molecule has 5 heteroatoms. The lowest BCUT2D eigenvalue weighted by atomic mass is 10.2. The first-order valence-electron chi connectivity index (χ1n) is 6.98. The Hall–Kier alpha value is -2.69. The molecule has 0 radical (unpaired) electrons. The van der Waals surface area contributed by atoms with Crippen molar-refractivity contribution in [2.24, 2.45) is 5.73 Å². The van der Waals surface area contributed by atoms with Crippen LogP contribution in [-0.2, 0) is 4.79 Å². The minimum absolute atomic E-state index is 0.396. The van der Waals surface area contributed by atoms with Crippen molar-refractivity contribution in [2.75, 3.05) is 12.4 Å². The number of methoxy groups -OCH3 is 1. The molecule has 0 fully saturated rings. The number of primary amides is 1. The number of amides is 1. The third-order valence-corrected chi connectivity index (χ3v) is 3.29. The van der Waals surface area contributed by atoms with Crippen molar-refractivity contribution in [3.8, 4) is 17.2 Å². The largest absolute Gasteiger partial charge is 0.497 e. The molecular weight excluding hydrogens is 280 g/mol. The molecule has 0 unspecified atom stereocenters. The molecule has 116 valence electrons. The van der Waals surface area contributed by atoms with E-state index < -0.39 is 11.9 Å². The number of nitrogens with one attached hydrogen (secondary N) is 1. The van der Waals surface area contributed by atoms with Crippen LogP contribution in [0.1, 0.15) is 12.5 Å². The van der Waals surface area contributed by atoms with E-state index in [4.69, 9.17) is 15.2 Å². The SMILES string of the molecule is COc1ccc(C)c(Oc2ccc(N[C@H](C)C(N)=O)cc2)c1. The summed E-state index contributed by atoms with van der Waals surface area (Å²) < 4.78 is 11.1. The molecule has 0 saturated carbocycles. The highest BCUT2D eigenvalue weighted by Crippen LogP contribution is 2.29. The maximum Gasteiger partial charge on any atom is 0.239 e. The molecule has 2 rings (SSSR count). The summed E-state index contributed by atoms with van der Waals surface area (Å²) in [7, 11) is 1.62. The fraction of sp³-hybridized carbons (Fsp3) is 0.235. The summed E-state index contributed by atoms with van der Waals surface area (Å²) >= 11 is 0. The summed E-state index contributed by atoms with van der Waals surface area (Å²) in [6, 6.07) is 12.6. The topological polar surface area (TPSA) is 73.6 Å². The second kappa shape index (κ2) is 6.85. The Balaban J connectivity index is 2.10. The number of hydrogen-bond donors (Lipinski definition) is 2. The highest BCUT2D eigenvalue weighted by atomic mass is 16.5. The second-order valence-electron chi connectivity index (χ2n) is 5.03. The molecule has 0 aliphatic heterocycles. The van der Waals surface area contributed by atoms with E-state index in [1.165, 1.54) is 0 Å². The number of benzene rings is 2. The predicted molar refractivity (Wildman–Crippen MR) is 86.5 cm³/mol. The van der Waals surface area contributed by atoms with Crippen LogP contribution < -0.4 is 20.5 Å². The summed E-state index contributed by atoms with van der Waals surface area (Å²) in [6.07, 6.45) is 0. The molecule has 3 N–H and O–H groups in total. The van der Waals surface area contributed by atoms with Gasteiger partial charge in [0, 0.05) is 11.8 Å². The molecule has 0 bridgehead atoms. The van der Waals surface area contributed by atoms with Crippen molar-refractivity contribution < 1.29 is 14.3 Å². The number of carbonyl (C=O) groups is 1. The van der Waals surface area contributed by atoms with Crippen LogP contribution in [0.25, 0.3) is 0 Å². The number of ether oxygens (including phenoxy) is 2. The van der Waals surface area contributed by atoms with Gasteiger partial charge in [0.15, 0.2) is 0 Å². The fourth-order valence-corrected chi connectivity index (χ4v) is 1.88. The van der Waals surface area contributed by atoms with Crippen LogP contribution in [0.3, 0.4) is 0 Å². The number of aryl methyl sites for hydroxylation is 1. The van der Waals surface area contributed by atoms with E-state index in [0.29, 0.717) is 5.75 Å². The summed E-state index contributed by atoms with van der Waals surface area (Å²) in [5, 5.41) is 3.01. The Kier molecular flexibility index (Phi) is 4.88. The van der Waals surface area contributed by atoms with Crippen molar-refractivity contribution in [1.29, 1.82) is 0 Å². The number of hydrogen-bond acceptors (Lipinski definition) is 4. The van der Waals surface area contributed by atoms with E-state index in [1.807, 2.05) is 49.4 Å². The molecule has 0 aliphatic carbocycles. The zero-order valence-electron chi connectivity index (χ0n) is 12.9. The summed E-state index contributed by atoms with van der Waals surface area (Å²) in [6.45, 7) is 3.69. The Morgan fingerprint density at radius 2 is 1.77 bits per heavy atom. The lowest BCUT2D eigenvalue weighted by Gasteiger charge is -2.13. The number of rotatable bonds is 6. The zero-order chi connectivity index (χ0) is 16.1. The molecule has 1 amide bonds. The van der Waals surface area contributed by atoms with E-state index in [1.54, 1.807) is 14.0 Å².